The third-order valence-electron chi connectivity index (χ3n) is 10.7. The molecule has 0 N–H and O–H groups in total. The van der Waals surface area contributed by atoms with E-state index in [0.29, 0.717) is 0 Å². The third kappa shape index (κ3) is 3.98. The van der Waals surface area contributed by atoms with E-state index in [1.54, 1.807) is 41.5 Å². The SMILES string of the molecule is [2H]c1c([2H])c2c3c(c1[2H])-n1c4c([2H])c([2H])c([2H])c([2H])c4c4c([2H])c([2H])c([2H])c(c41)N3c1c([2H])c(C(C)(C)C)c([2H])c3c1B2c1c([2H])c(C(C)(C)C)c([2H])c([2H])c1N3c1c([2H])c([2H])c([2H])c2oc3c([2H])c([2H])c([2H])c([2H])c3c12. The molecule has 0 unspecified atom stereocenters. The first-order chi connectivity index (χ1) is 35.8. The molecular weight excluding hydrogens is 669 g/mol. The van der Waals surface area contributed by atoms with E-state index in [0.717, 1.165) is 4.90 Å². The van der Waals surface area contributed by atoms with Crippen LogP contribution in [0.2, 0.25) is 0 Å². The van der Waals surface area contributed by atoms with Gasteiger partial charge in [-0.3, -0.25) is 0 Å². The number of rotatable bonds is 1. The second-order valence-corrected chi connectivity index (χ2v) is 16.1. The predicted octanol–water partition coefficient (Wildman–Crippen LogP) is 11.7. The minimum Gasteiger partial charge on any atom is -0.456 e. The molecular formula is C50H40BN3O. The van der Waals surface area contributed by atoms with Gasteiger partial charge in [0, 0.05) is 33.2 Å². The molecule has 2 aromatic heterocycles. The van der Waals surface area contributed by atoms with Crippen molar-refractivity contribution in [2.24, 2.45) is 0 Å². The molecule has 9 aromatic rings. The number of nitrogens with zero attached hydrogens (tertiary/aromatic N) is 3. The lowest BCUT2D eigenvalue weighted by Crippen LogP contribution is -2.62. The fourth-order valence-corrected chi connectivity index (χ4v) is 8.25. The largest absolute Gasteiger partial charge is 0.456 e. The van der Waals surface area contributed by atoms with E-state index in [1.807, 2.05) is 0 Å². The van der Waals surface area contributed by atoms with Gasteiger partial charge in [0.15, 0.2) is 0 Å². The van der Waals surface area contributed by atoms with Crippen LogP contribution in [-0.4, -0.2) is 11.3 Å². The lowest BCUT2D eigenvalue weighted by Gasteiger charge is -2.47. The summed E-state index contributed by atoms with van der Waals surface area (Å²) >= 11 is 0. The van der Waals surface area contributed by atoms with Crippen molar-refractivity contribution in [1.29, 1.82) is 0 Å². The molecule has 5 heterocycles. The fourth-order valence-electron chi connectivity index (χ4n) is 8.25. The number of fused-ring (bicyclic) bond motifs is 12. The van der Waals surface area contributed by atoms with Crippen molar-refractivity contribution in [2.45, 2.75) is 52.4 Å². The van der Waals surface area contributed by atoms with Crippen LogP contribution in [0.3, 0.4) is 0 Å². The first-order valence-electron chi connectivity index (χ1n) is 28.8. The Balaban J connectivity index is 1.43. The van der Waals surface area contributed by atoms with Crippen molar-refractivity contribution in [1.82, 2.24) is 4.57 Å². The van der Waals surface area contributed by atoms with E-state index in [-0.39, 0.29) is 94.2 Å². The van der Waals surface area contributed by atoms with Crippen LogP contribution < -0.4 is 26.2 Å². The summed E-state index contributed by atoms with van der Waals surface area (Å²) in [5.41, 5.74) is -6.49. The molecule has 0 saturated heterocycles. The van der Waals surface area contributed by atoms with Gasteiger partial charge >= 0.3 is 0 Å². The zero-order valence-corrected chi connectivity index (χ0v) is 30.3. The summed E-state index contributed by atoms with van der Waals surface area (Å²) in [5.74, 6) is 0. The van der Waals surface area contributed by atoms with Gasteiger partial charge in [-0.25, -0.2) is 0 Å². The molecule has 0 atom stereocenters. The molecule has 12 rings (SSSR count). The highest BCUT2D eigenvalue weighted by molar-refractivity contribution is 7.00. The minimum absolute atomic E-state index is 0.00253. The van der Waals surface area contributed by atoms with Gasteiger partial charge in [0.25, 0.3) is 6.71 Å². The minimum atomic E-state index is -1.64. The summed E-state index contributed by atoms with van der Waals surface area (Å²) in [6.07, 6.45) is 0. The van der Waals surface area contributed by atoms with Gasteiger partial charge in [0.05, 0.1) is 69.3 Å². The Labute approximate surface area is 352 Å². The normalized spacial score (nSPS) is 19.9. The van der Waals surface area contributed by atoms with Gasteiger partial charge in [-0.1, -0.05) is 120 Å². The zero-order valence-electron chi connectivity index (χ0n) is 52.3. The third-order valence-corrected chi connectivity index (χ3v) is 10.7. The van der Waals surface area contributed by atoms with Crippen LogP contribution in [-0.2, 0) is 10.8 Å². The number of hydrogen-bond acceptors (Lipinski definition) is 3. The Morgan fingerprint density at radius 1 is 0.509 bits per heavy atom. The van der Waals surface area contributed by atoms with E-state index in [1.165, 1.54) is 9.47 Å². The first-order valence-corrected chi connectivity index (χ1v) is 17.8. The van der Waals surface area contributed by atoms with Gasteiger partial charge in [0.1, 0.15) is 11.2 Å². The van der Waals surface area contributed by atoms with Crippen molar-refractivity contribution in [3.63, 3.8) is 0 Å². The van der Waals surface area contributed by atoms with Gasteiger partial charge in [0.2, 0.25) is 0 Å². The summed E-state index contributed by atoms with van der Waals surface area (Å²) in [4.78, 5) is 2.47. The van der Waals surface area contributed by atoms with Crippen molar-refractivity contribution in [3.05, 3.63) is 144 Å². The van der Waals surface area contributed by atoms with Crippen LogP contribution in [0.1, 0.15) is 82.8 Å². The number of anilines is 6. The highest BCUT2D eigenvalue weighted by Gasteiger charge is 2.47. The molecule has 0 amide bonds. The van der Waals surface area contributed by atoms with E-state index in [4.69, 9.17) is 12.6 Å². The average molecular weight is 732 g/mol. The fraction of sp³-hybridized carbons (Fsp3) is 0.160. The summed E-state index contributed by atoms with van der Waals surface area (Å²) in [7, 11) is 0. The van der Waals surface area contributed by atoms with Gasteiger partial charge in [-0.15, -0.1) is 0 Å². The van der Waals surface area contributed by atoms with E-state index >= 15 is 0 Å². The number of benzene rings is 7. The van der Waals surface area contributed by atoms with E-state index < -0.39 is 167 Å². The van der Waals surface area contributed by atoms with Crippen LogP contribution in [0.15, 0.2) is 137 Å². The highest BCUT2D eigenvalue weighted by Crippen LogP contribution is 2.53. The Morgan fingerprint density at radius 3 is 1.98 bits per heavy atom. The molecule has 0 fully saturated rings. The van der Waals surface area contributed by atoms with Gasteiger partial charge in [-0.05, 0) is 92.7 Å². The molecule has 264 valence electrons. The van der Waals surface area contributed by atoms with Crippen LogP contribution in [0.25, 0.3) is 49.4 Å². The summed E-state index contributed by atoms with van der Waals surface area (Å²) in [6, 6.07) is -14.2. The van der Waals surface area contributed by atoms with Crippen molar-refractivity contribution < 1.29 is 34.6 Å². The first kappa shape index (κ1) is 16.7. The van der Waals surface area contributed by atoms with Crippen LogP contribution in [0.5, 0.6) is 0 Å². The monoisotopic (exact) mass is 731 g/mol. The number of furan rings is 1. The van der Waals surface area contributed by atoms with E-state index in [2.05, 4.69) is 0 Å². The predicted molar refractivity (Wildman–Crippen MR) is 233 cm³/mol. The summed E-state index contributed by atoms with van der Waals surface area (Å²) < 4.78 is 216. The molecule has 3 aliphatic heterocycles. The standard InChI is InChI=1S/C50H40BN3O/c1-49(2,3)29-24-25-37-35(26-29)51-34-17-12-21-40-48(34)54(39-20-11-16-32-31-14-7-9-18-36(31)53(40)47(32)39)42-28-30(50(4,5)6)27-41(46(42)51)52(37)38-19-13-23-44-45(38)33-15-8-10-22-43(33)55-44/h7-28H,1-6H3/i7D,8D,9D,10D,11D,12D,13D,14D,15D,16D,17D,18D,19D,20D,21D,22D,23D,24D,25D,26D,27D,28D. The molecule has 3 aliphatic rings. The molecule has 55 heavy (non-hydrogen) atoms. The Kier molecular flexibility index (Phi) is 3.12. The quantitative estimate of drug-likeness (QED) is 0.157. The smallest absolute Gasteiger partial charge is 0.252 e. The van der Waals surface area contributed by atoms with Crippen LogP contribution in [0, 0.1) is 0 Å². The average Bonchev–Trinajstić information content (AvgIpc) is 4.18. The highest BCUT2D eigenvalue weighted by atomic mass is 16.3. The second kappa shape index (κ2) is 10.3. The number of aromatic nitrogens is 1. The van der Waals surface area contributed by atoms with Crippen LogP contribution in [0.4, 0.5) is 34.1 Å². The van der Waals surface area contributed by atoms with E-state index in [9.17, 15) is 21.9 Å². The van der Waals surface area contributed by atoms with Gasteiger partial charge < -0.3 is 18.8 Å². The number of para-hydroxylation sites is 4. The molecule has 4 nitrogen and oxygen atoms in total. The molecule has 0 aliphatic carbocycles. The van der Waals surface area contributed by atoms with Crippen molar-refractivity contribution in [3.8, 4) is 5.69 Å². The Bertz CT molecular complexity index is 4420. The summed E-state index contributed by atoms with van der Waals surface area (Å²) in [5, 5.41) is -1.18. The topological polar surface area (TPSA) is 24.6 Å². The maximum atomic E-state index is 10.5. The van der Waals surface area contributed by atoms with Crippen molar-refractivity contribution in [2.75, 3.05) is 9.80 Å². The molecule has 0 saturated carbocycles. The second-order valence-electron chi connectivity index (χ2n) is 16.1. The summed E-state index contributed by atoms with van der Waals surface area (Å²) in [6.45, 7) is 8.53. The zero-order chi connectivity index (χ0) is 56.3. The maximum absolute atomic E-state index is 10.5. The Morgan fingerprint density at radius 2 is 1.16 bits per heavy atom. The number of hydrogen-bond donors (Lipinski definition) is 0. The maximum Gasteiger partial charge on any atom is 0.252 e. The molecule has 0 radical (unpaired) electrons. The molecule has 0 spiro atoms. The van der Waals surface area contributed by atoms with Crippen LogP contribution >= 0.6 is 0 Å². The molecule has 7 aromatic carbocycles. The molecule has 5 heteroatoms. The van der Waals surface area contributed by atoms with Gasteiger partial charge in [-0.2, -0.15) is 0 Å². The lowest BCUT2D eigenvalue weighted by atomic mass is 9.33. The lowest BCUT2D eigenvalue weighted by molar-refractivity contribution is 0.590. The Hall–Kier alpha value is -6.20. The molecule has 0 bridgehead atoms. The van der Waals surface area contributed by atoms with Crippen molar-refractivity contribution >= 4 is 101 Å².